The van der Waals surface area contributed by atoms with Crippen molar-refractivity contribution >= 4 is 5.78 Å². The molecule has 0 heterocycles. The Labute approximate surface area is 159 Å². The quantitative estimate of drug-likeness (QED) is 0.159. The predicted molar refractivity (Wildman–Crippen MR) is 113 cm³/mol. The van der Waals surface area contributed by atoms with Crippen LogP contribution in [0.1, 0.15) is 136 Å². The molecule has 0 amide bonds. The largest absolute Gasteiger partial charge is 0.295 e. The van der Waals surface area contributed by atoms with Crippen LogP contribution in [0, 0.1) is 0 Å². The lowest BCUT2D eigenvalue weighted by Crippen LogP contribution is -1.84. The minimum Gasteiger partial charge on any atom is -0.295 e. The molecular formula is C24H46O. The van der Waals surface area contributed by atoms with Crippen LogP contribution in [0.3, 0.4) is 0 Å². The average molecular weight is 351 g/mol. The molecule has 0 N–H and O–H groups in total. The Hall–Kier alpha value is -0.590. The van der Waals surface area contributed by atoms with E-state index in [-0.39, 0.29) is 5.78 Å². The number of carbonyl (C=O) groups excluding carboxylic acids is 1. The molecule has 0 aromatic rings. The zero-order chi connectivity index (χ0) is 18.4. The molecule has 0 fully saturated rings. The molecule has 25 heavy (non-hydrogen) atoms. The highest BCUT2D eigenvalue weighted by Crippen LogP contribution is 2.14. The Balaban J connectivity index is 3.01. The van der Waals surface area contributed by atoms with E-state index in [4.69, 9.17) is 0 Å². The van der Waals surface area contributed by atoms with Gasteiger partial charge in [-0.3, -0.25) is 4.79 Å². The number of unbranched alkanes of at least 4 members (excludes halogenated alkanes) is 18. The number of ketones is 1. The number of hydrogen-bond donors (Lipinski definition) is 0. The molecule has 148 valence electrons. The minimum atomic E-state index is 0.169. The van der Waals surface area contributed by atoms with Crippen molar-refractivity contribution in [3.05, 3.63) is 12.2 Å². The summed E-state index contributed by atoms with van der Waals surface area (Å²) in [5.41, 5.74) is 0. The van der Waals surface area contributed by atoms with E-state index in [9.17, 15) is 4.79 Å². The summed E-state index contributed by atoms with van der Waals surface area (Å²) in [6.45, 7) is 3.91. The molecule has 0 spiro atoms. The highest BCUT2D eigenvalue weighted by molar-refractivity contribution is 5.87. The molecule has 0 unspecified atom stereocenters. The Morgan fingerprint density at radius 1 is 0.560 bits per heavy atom. The van der Waals surface area contributed by atoms with Gasteiger partial charge in [-0.1, -0.05) is 122 Å². The molecule has 0 radical (unpaired) electrons. The Morgan fingerprint density at radius 3 is 1.20 bits per heavy atom. The normalized spacial score (nSPS) is 11.4. The van der Waals surface area contributed by atoms with Crippen molar-refractivity contribution in [3.63, 3.8) is 0 Å². The van der Waals surface area contributed by atoms with Gasteiger partial charge in [0.05, 0.1) is 0 Å². The van der Waals surface area contributed by atoms with E-state index in [1.54, 1.807) is 13.0 Å². The highest BCUT2D eigenvalue weighted by Gasteiger charge is 1.95. The van der Waals surface area contributed by atoms with Crippen molar-refractivity contribution in [2.45, 2.75) is 136 Å². The fourth-order valence-corrected chi connectivity index (χ4v) is 3.41. The molecule has 0 atom stereocenters. The zero-order valence-electron chi connectivity index (χ0n) is 17.5. The zero-order valence-corrected chi connectivity index (χ0v) is 17.5. The minimum absolute atomic E-state index is 0.169. The summed E-state index contributed by atoms with van der Waals surface area (Å²) in [6.07, 6.45) is 30.3. The van der Waals surface area contributed by atoms with Crippen molar-refractivity contribution in [2.75, 3.05) is 0 Å². The van der Waals surface area contributed by atoms with Gasteiger partial charge in [0, 0.05) is 0 Å². The van der Waals surface area contributed by atoms with Gasteiger partial charge in [0.25, 0.3) is 0 Å². The third-order valence-corrected chi connectivity index (χ3v) is 5.08. The van der Waals surface area contributed by atoms with Gasteiger partial charge in [-0.2, -0.15) is 0 Å². The van der Waals surface area contributed by atoms with Crippen LogP contribution >= 0.6 is 0 Å². The summed E-state index contributed by atoms with van der Waals surface area (Å²) in [6, 6.07) is 0. The lowest BCUT2D eigenvalue weighted by molar-refractivity contribution is -0.112. The van der Waals surface area contributed by atoms with E-state index in [1.165, 1.54) is 116 Å². The highest BCUT2D eigenvalue weighted by atomic mass is 16.1. The first kappa shape index (κ1) is 24.4. The second-order valence-corrected chi connectivity index (χ2v) is 7.81. The van der Waals surface area contributed by atoms with Crippen LogP contribution in [0.4, 0.5) is 0 Å². The van der Waals surface area contributed by atoms with Crippen LogP contribution in [0.5, 0.6) is 0 Å². The number of rotatable bonds is 20. The second kappa shape index (κ2) is 21.5. The van der Waals surface area contributed by atoms with Crippen molar-refractivity contribution in [1.82, 2.24) is 0 Å². The van der Waals surface area contributed by atoms with Gasteiger partial charge in [-0.05, 0) is 25.8 Å². The first-order valence-corrected chi connectivity index (χ1v) is 11.4. The Bertz CT molecular complexity index is 292. The van der Waals surface area contributed by atoms with E-state index < -0.39 is 0 Å². The maximum atomic E-state index is 10.7. The molecule has 1 heteroatoms. The Kier molecular flexibility index (Phi) is 20.9. The van der Waals surface area contributed by atoms with Gasteiger partial charge in [0.1, 0.15) is 0 Å². The maximum Gasteiger partial charge on any atom is 0.152 e. The summed E-state index contributed by atoms with van der Waals surface area (Å²) < 4.78 is 0. The standard InChI is InChI=1S/C24H46O/c1-3-4-5-6-7-8-9-10-11-12-13-14-15-16-17-18-19-20-21-22-23-24(2)25/h22-23H,3-21H2,1-2H3. The first-order valence-electron chi connectivity index (χ1n) is 11.4. The lowest BCUT2D eigenvalue weighted by Gasteiger charge is -2.03. The Morgan fingerprint density at radius 2 is 0.880 bits per heavy atom. The summed E-state index contributed by atoms with van der Waals surface area (Å²) in [4.78, 5) is 10.7. The number of carbonyl (C=O) groups is 1. The third-order valence-electron chi connectivity index (χ3n) is 5.08. The van der Waals surface area contributed by atoms with Gasteiger partial charge >= 0.3 is 0 Å². The van der Waals surface area contributed by atoms with Crippen molar-refractivity contribution < 1.29 is 4.79 Å². The first-order chi connectivity index (χ1) is 12.3. The van der Waals surface area contributed by atoms with E-state index in [1.807, 2.05) is 6.08 Å². The number of hydrogen-bond acceptors (Lipinski definition) is 1. The fraction of sp³-hybridized carbons (Fsp3) is 0.875. The molecule has 0 bridgehead atoms. The summed E-state index contributed by atoms with van der Waals surface area (Å²) >= 11 is 0. The van der Waals surface area contributed by atoms with E-state index in [0.29, 0.717) is 0 Å². The molecule has 0 aromatic carbocycles. The van der Waals surface area contributed by atoms with Crippen LogP contribution in [0.2, 0.25) is 0 Å². The van der Waals surface area contributed by atoms with Gasteiger partial charge in [0.2, 0.25) is 0 Å². The van der Waals surface area contributed by atoms with Crippen molar-refractivity contribution in [2.24, 2.45) is 0 Å². The van der Waals surface area contributed by atoms with Crippen LogP contribution < -0.4 is 0 Å². The van der Waals surface area contributed by atoms with Crippen LogP contribution in [0.25, 0.3) is 0 Å². The fourth-order valence-electron chi connectivity index (χ4n) is 3.41. The van der Waals surface area contributed by atoms with Crippen molar-refractivity contribution in [1.29, 1.82) is 0 Å². The van der Waals surface area contributed by atoms with E-state index >= 15 is 0 Å². The monoisotopic (exact) mass is 350 g/mol. The maximum absolute atomic E-state index is 10.7. The molecule has 0 rings (SSSR count). The van der Waals surface area contributed by atoms with Crippen molar-refractivity contribution in [3.8, 4) is 0 Å². The van der Waals surface area contributed by atoms with Gasteiger partial charge in [0.15, 0.2) is 5.78 Å². The third kappa shape index (κ3) is 23.4. The molecule has 0 saturated carbocycles. The van der Waals surface area contributed by atoms with Gasteiger partial charge in [-0.15, -0.1) is 0 Å². The lowest BCUT2D eigenvalue weighted by atomic mass is 10.0. The molecular weight excluding hydrogens is 304 g/mol. The summed E-state index contributed by atoms with van der Waals surface area (Å²) in [5.74, 6) is 0.169. The van der Waals surface area contributed by atoms with E-state index in [0.717, 1.165) is 6.42 Å². The average Bonchev–Trinajstić information content (AvgIpc) is 2.60. The smallest absolute Gasteiger partial charge is 0.152 e. The molecule has 0 saturated heterocycles. The second-order valence-electron chi connectivity index (χ2n) is 7.81. The SMILES string of the molecule is CCCCCCCCCCCCCCCCCCCCC=CC(C)=O. The molecule has 0 aliphatic rings. The number of allylic oxidation sites excluding steroid dienone is 2. The predicted octanol–water partition coefficient (Wildman–Crippen LogP) is 8.56. The van der Waals surface area contributed by atoms with Crippen LogP contribution in [0.15, 0.2) is 12.2 Å². The van der Waals surface area contributed by atoms with Gasteiger partial charge < -0.3 is 0 Å². The summed E-state index contributed by atoms with van der Waals surface area (Å²) in [7, 11) is 0. The van der Waals surface area contributed by atoms with Crippen LogP contribution in [-0.2, 0) is 4.79 Å². The molecule has 0 aliphatic carbocycles. The molecule has 0 aromatic heterocycles. The molecule has 1 nitrogen and oxygen atoms in total. The van der Waals surface area contributed by atoms with Crippen LogP contribution in [-0.4, -0.2) is 5.78 Å². The molecule has 0 aliphatic heterocycles. The van der Waals surface area contributed by atoms with Gasteiger partial charge in [-0.25, -0.2) is 0 Å². The summed E-state index contributed by atoms with van der Waals surface area (Å²) in [5, 5.41) is 0. The van der Waals surface area contributed by atoms with E-state index in [2.05, 4.69) is 6.92 Å². The topological polar surface area (TPSA) is 17.1 Å².